The van der Waals surface area contributed by atoms with E-state index in [9.17, 15) is 13.2 Å². The van der Waals surface area contributed by atoms with Crippen LogP contribution in [-0.4, -0.2) is 58.3 Å². The van der Waals surface area contributed by atoms with Crippen molar-refractivity contribution in [3.63, 3.8) is 0 Å². The van der Waals surface area contributed by atoms with Gasteiger partial charge in [0.15, 0.2) is 9.84 Å². The van der Waals surface area contributed by atoms with Crippen molar-refractivity contribution in [1.82, 2.24) is 15.5 Å². The highest BCUT2D eigenvalue weighted by molar-refractivity contribution is 7.91. The van der Waals surface area contributed by atoms with Crippen molar-refractivity contribution in [3.8, 4) is 0 Å². The Morgan fingerprint density at radius 1 is 1.07 bits per heavy atom. The molecule has 1 amide bonds. The third kappa shape index (κ3) is 5.31. The summed E-state index contributed by atoms with van der Waals surface area (Å²) in [7, 11) is -1.50. The third-order valence-electron chi connectivity index (χ3n) is 5.29. The minimum atomic E-state index is -3.39. The fourth-order valence-corrected chi connectivity index (χ4v) is 5.09. The molecule has 0 spiro atoms. The maximum atomic E-state index is 12.8. The molecule has 0 atom stereocenters. The van der Waals surface area contributed by atoms with Gasteiger partial charge in [0, 0.05) is 12.5 Å². The topological polar surface area (TPSA) is 78.5 Å². The summed E-state index contributed by atoms with van der Waals surface area (Å²) in [6, 6.07) is 13.0. The first-order valence-corrected chi connectivity index (χ1v) is 11.5. The largest absolute Gasteiger partial charge is 0.356 e. The Morgan fingerprint density at radius 2 is 1.79 bits per heavy atom. The molecule has 2 aromatic carbocycles. The molecular weight excluding hydrogens is 374 g/mol. The van der Waals surface area contributed by atoms with Crippen LogP contribution in [0.5, 0.6) is 0 Å². The van der Waals surface area contributed by atoms with Crippen LogP contribution in [0.3, 0.4) is 0 Å². The molecule has 28 heavy (non-hydrogen) atoms. The summed E-state index contributed by atoms with van der Waals surface area (Å²) < 4.78 is 25.7. The van der Waals surface area contributed by atoms with Crippen LogP contribution in [0, 0.1) is 5.92 Å². The summed E-state index contributed by atoms with van der Waals surface area (Å²) >= 11 is 0. The van der Waals surface area contributed by atoms with Gasteiger partial charge < -0.3 is 10.6 Å². The van der Waals surface area contributed by atoms with Gasteiger partial charge in [-0.1, -0.05) is 30.3 Å². The molecule has 0 unspecified atom stereocenters. The molecule has 1 fully saturated rings. The predicted molar refractivity (Wildman–Crippen MR) is 112 cm³/mol. The molecule has 1 aliphatic heterocycles. The number of piperidine rings is 1. The molecule has 2 aromatic rings. The van der Waals surface area contributed by atoms with Crippen molar-refractivity contribution in [2.45, 2.75) is 24.2 Å². The lowest BCUT2D eigenvalue weighted by molar-refractivity contribution is -0.126. The average Bonchev–Trinajstić information content (AvgIpc) is 2.71. The second kappa shape index (κ2) is 9.49. The highest BCUT2D eigenvalue weighted by Gasteiger charge is 2.27. The quantitative estimate of drug-likeness (QED) is 0.659. The number of nitrogens with one attached hydrogen (secondary N) is 2. The van der Waals surface area contributed by atoms with Gasteiger partial charge in [0.2, 0.25) is 5.91 Å². The number of fused-ring (bicyclic) bond motifs is 1. The van der Waals surface area contributed by atoms with Gasteiger partial charge in [-0.2, -0.15) is 0 Å². The van der Waals surface area contributed by atoms with Crippen molar-refractivity contribution in [1.29, 1.82) is 0 Å². The molecule has 2 N–H and O–H groups in total. The summed E-state index contributed by atoms with van der Waals surface area (Å²) in [6.45, 7) is 2.81. The summed E-state index contributed by atoms with van der Waals surface area (Å²) in [4.78, 5) is 14.5. The molecule has 0 aliphatic carbocycles. The second-order valence-corrected chi connectivity index (χ2v) is 9.35. The molecule has 3 rings (SSSR count). The van der Waals surface area contributed by atoms with E-state index in [1.807, 2.05) is 42.3 Å². The second-order valence-electron chi connectivity index (χ2n) is 7.39. The Labute approximate surface area is 167 Å². The highest BCUT2D eigenvalue weighted by atomic mass is 32.2. The first-order chi connectivity index (χ1) is 13.5. The van der Waals surface area contributed by atoms with Crippen LogP contribution in [0.2, 0.25) is 0 Å². The van der Waals surface area contributed by atoms with Gasteiger partial charge in [-0.25, -0.2) is 8.42 Å². The first kappa shape index (κ1) is 20.8. The Kier molecular flexibility index (Phi) is 7.04. The summed E-state index contributed by atoms with van der Waals surface area (Å²) in [5, 5.41) is 7.99. The van der Waals surface area contributed by atoms with Gasteiger partial charge in [-0.05, 0) is 68.8 Å². The molecule has 1 heterocycles. The summed E-state index contributed by atoms with van der Waals surface area (Å²) in [5.74, 6) is 0.0735. The number of carbonyl (C=O) groups is 1. The van der Waals surface area contributed by atoms with Gasteiger partial charge in [0.25, 0.3) is 0 Å². The lowest BCUT2D eigenvalue weighted by atomic mass is 9.96. The molecule has 1 saturated heterocycles. The summed E-state index contributed by atoms with van der Waals surface area (Å²) in [6.07, 6.45) is 2.31. The lowest BCUT2D eigenvalue weighted by Crippen LogP contribution is -2.42. The fraction of sp³-hybridized carbons (Fsp3) is 0.476. The van der Waals surface area contributed by atoms with E-state index in [1.54, 1.807) is 12.1 Å². The van der Waals surface area contributed by atoms with Crippen molar-refractivity contribution in [2.24, 2.45) is 5.92 Å². The fourth-order valence-electron chi connectivity index (χ4n) is 3.62. The smallest absolute Gasteiger partial charge is 0.223 e. The molecule has 0 saturated carbocycles. The Hall–Kier alpha value is -1.96. The number of nitrogens with zero attached hydrogens (tertiary/aromatic N) is 1. The van der Waals surface area contributed by atoms with Gasteiger partial charge in [0.1, 0.15) is 5.88 Å². The normalized spacial score (nSPS) is 16.3. The van der Waals surface area contributed by atoms with Gasteiger partial charge in [-0.3, -0.25) is 9.69 Å². The molecular formula is C21H29N3O3S. The van der Waals surface area contributed by atoms with Crippen molar-refractivity contribution >= 4 is 26.5 Å². The van der Waals surface area contributed by atoms with Gasteiger partial charge in [-0.15, -0.1) is 0 Å². The van der Waals surface area contributed by atoms with Crippen molar-refractivity contribution < 1.29 is 13.2 Å². The number of rotatable bonds is 8. The minimum Gasteiger partial charge on any atom is -0.356 e. The minimum absolute atomic E-state index is 0.00183. The average molecular weight is 404 g/mol. The number of hydrogen-bond donors (Lipinski definition) is 2. The van der Waals surface area contributed by atoms with Gasteiger partial charge >= 0.3 is 0 Å². The van der Waals surface area contributed by atoms with E-state index in [-0.39, 0.29) is 17.7 Å². The van der Waals surface area contributed by atoms with Gasteiger partial charge in [0.05, 0.1) is 4.90 Å². The zero-order valence-electron chi connectivity index (χ0n) is 16.4. The number of amides is 1. The number of hydrogen-bond acceptors (Lipinski definition) is 5. The predicted octanol–water partition coefficient (Wildman–Crippen LogP) is 2.01. The van der Waals surface area contributed by atoms with Crippen LogP contribution in [-0.2, 0) is 14.6 Å². The van der Waals surface area contributed by atoms with Crippen LogP contribution in [0.1, 0.15) is 19.3 Å². The van der Waals surface area contributed by atoms with Crippen LogP contribution in [0.25, 0.3) is 10.8 Å². The zero-order valence-corrected chi connectivity index (χ0v) is 17.2. The lowest BCUT2D eigenvalue weighted by Gasteiger charge is -2.31. The first-order valence-electron chi connectivity index (χ1n) is 9.86. The van der Waals surface area contributed by atoms with Crippen LogP contribution >= 0.6 is 0 Å². The van der Waals surface area contributed by atoms with E-state index in [1.165, 1.54) is 0 Å². The van der Waals surface area contributed by atoms with Crippen LogP contribution < -0.4 is 10.6 Å². The highest BCUT2D eigenvalue weighted by Crippen LogP contribution is 2.23. The Morgan fingerprint density at radius 3 is 2.50 bits per heavy atom. The molecule has 152 valence electrons. The molecule has 6 nitrogen and oxygen atoms in total. The van der Waals surface area contributed by atoms with E-state index in [0.717, 1.165) is 23.7 Å². The molecule has 0 aromatic heterocycles. The standard InChI is InChI=1S/C21H29N3O3S/c1-22-11-4-12-23-21(25)18-9-13-24(14-10-18)16-28(26,27)20-8-7-17-5-2-3-6-19(17)15-20/h2-3,5-8,15,18,22H,4,9-14,16H2,1H3,(H,23,25). The molecule has 0 bridgehead atoms. The monoisotopic (exact) mass is 403 g/mol. The molecule has 7 heteroatoms. The van der Waals surface area contributed by atoms with E-state index in [2.05, 4.69) is 10.6 Å². The van der Waals surface area contributed by atoms with E-state index >= 15 is 0 Å². The third-order valence-corrected chi connectivity index (χ3v) is 6.97. The number of sulfone groups is 1. The van der Waals surface area contributed by atoms with Crippen LogP contribution in [0.15, 0.2) is 47.4 Å². The maximum absolute atomic E-state index is 12.8. The van der Waals surface area contributed by atoms with E-state index < -0.39 is 9.84 Å². The number of carbonyl (C=O) groups excluding carboxylic acids is 1. The summed E-state index contributed by atoms with van der Waals surface area (Å²) in [5.41, 5.74) is 0. The van der Waals surface area contributed by atoms with Crippen LogP contribution in [0.4, 0.5) is 0 Å². The number of benzene rings is 2. The van der Waals surface area contributed by atoms with E-state index in [4.69, 9.17) is 0 Å². The van der Waals surface area contributed by atoms with Crippen molar-refractivity contribution in [3.05, 3.63) is 42.5 Å². The Bertz CT molecular complexity index is 906. The zero-order chi connectivity index (χ0) is 20.0. The molecule has 0 radical (unpaired) electrons. The maximum Gasteiger partial charge on any atom is 0.223 e. The number of likely N-dealkylation sites (tertiary alicyclic amines) is 1. The van der Waals surface area contributed by atoms with E-state index in [0.29, 0.717) is 37.4 Å². The SMILES string of the molecule is CNCCCNC(=O)C1CCN(CS(=O)(=O)c2ccc3ccccc3c2)CC1. The van der Waals surface area contributed by atoms with Crippen molar-refractivity contribution in [2.75, 3.05) is 39.1 Å². The Balaban J connectivity index is 1.53. The molecule has 1 aliphatic rings.